The number of hydrogen-bond donors (Lipinski definition) is 3. The van der Waals surface area contributed by atoms with Crippen molar-refractivity contribution in [3.05, 3.63) is 24.0 Å². The normalized spacial score (nSPS) is 10.0. The second-order valence-electron chi connectivity index (χ2n) is 3.82. The van der Waals surface area contributed by atoms with Gasteiger partial charge in [0.2, 0.25) is 11.8 Å². The third-order valence-electron chi connectivity index (χ3n) is 2.27. The van der Waals surface area contributed by atoms with Crippen LogP contribution in [0.25, 0.3) is 0 Å². The van der Waals surface area contributed by atoms with E-state index in [0.29, 0.717) is 12.8 Å². The van der Waals surface area contributed by atoms with E-state index >= 15 is 0 Å². The van der Waals surface area contributed by atoms with Gasteiger partial charge in [-0.05, 0) is 18.9 Å². The van der Waals surface area contributed by atoms with Gasteiger partial charge in [-0.1, -0.05) is 0 Å². The van der Waals surface area contributed by atoms with Crippen molar-refractivity contribution in [1.82, 2.24) is 4.68 Å². The lowest BCUT2D eigenvalue weighted by Gasteiger charge is -2.05. The Kier molecular flexibility index (Phi) is 4.91. The number of aromatic nitrogens is 1. The number of amides is 2. The van der Waals surface area contributed by atoms with E-state index in [-0.39, 0.29) is 30.2 Å². The molecule has 7 nitrogen and oxygen atoms in total. The van der Waals surface area contributed by atoms with Crippen molar-refractivity contribution in [2.24, 2.45) is 5.73 Å². The smallest absolute Gasteiger partial charge is 0.337 e. The van der Waals surface area contributed by atoms with Gasteiger partial charge in [0.25, 0.3) is 0 Å². The summed E-state index contributed by atoms with van der Waals surface area (Å²) in [7, 11) is 0. The highest BCUT2D eigenvalue weighted by Gasteiger charge is 2.06. The molecule has 1 rings (SSSR count). The van der Waals surface area contributed by atoms with Gasteiger partial charge in [0.05, 0.1) is 5.56 Å². The lowest BCUT2D eigenvalue weighted by Crippen LogP contribution is -2.21. The minimum absolute atomic E-state index is 0.101. The van der Waals surface area contributed by atoms with Gasteiger partial charge in [-0.25, -0.2) is 4.79 Å². The SMILES string of the molecule is NC(=O)CCCCC(=O)Nn1ccc(C(=O)O)c1. The fourth-order valence-corrected chi connectivity index (χ4v) is 1.38. The summed E-state index contributed by atoms with van der Waals surface area (Å²) < 4.78 is 1.29. The Balaban J connectivity index is 2.31. The van der Waals surface area contributed by atoms with Crippen LogP contribution in [0.4, 0.5) is 0 Å². The van der Waals surface area contributed by atoms with Crippen molar-refractivity contribution >= 4 is 17.8 Å². The number of carboxylic acid groups (broad SMARTS) is 1. The number of carbonyl (C=O) groups is 3. The molecule has 4 N–H and O–H groups in total. The first-order valence-corrected chi connectivity index (χ1v) is 5.48. The number of aromatic carboxylic acids is 1. The summed E-state index contributed by atoms with van der Waals surface area (Å²) in [5.74, 6) is -1.68. The molecule has 0 fully saturated rings. The summed E-state index contributed by atoms with van der Waals surface area (Å²) >= 11 is 0. The van der Waals surface area contributed by atoms with Crippen molar-refractivity contribution in [3.63, 3.8) is 0 Å². The molecule has 0 radical (unpaired) electrons. The Hall–Kier alpha value is -2.31. The van der Waals surface area contributed by atoms with Crippen LogP contribution in [0.3, 0.4) is 0 Å². The first-order chi connectivity index (χ1) is 8.49. The van der Waals surface area contributed by atoms with Crippen molar-refractivity contribution in [2.75, 3.05) is 5.43 Å². The largest absolute Gasteiger partial charge is 0.478 e. The Labute approximate surface area is 104 Å². The zero-order chi connectivity index (χ0) is 13.5. The molecular formula is C11H15N3O4. The lowest BCUT2D eigenvalue weighted by molar-refractivity contribution is -0.119. The minimum atomic E-state index is -1.05. The highest BCUT2D eigenvalue weighted by atomic mass is 16.4. The molecular weight excluding hydrogens is 238 g/mol. The van der Waals surface area contributed by atoms with Gasteiger partial charge < -0.3 is 10.8 Å². The molecule has 0 aliphatic carbocycles. The standard InChI is InChI=1S/C11H15N3O4/c12-9(15)3-1-2-4-10(16)13-14-6-5-8(7-14)11(17)18/h5-7H,1-4H2,(H2,12,15)(H,13,16)(H,17,18). The second-order valence-corrected chi connectivity index (χ2v) is 3.82. The highest BCUT2D eigenvalue weighted by Crippen LogP contribution is 2.02. The molecule has 18 heavy (non-hydrogen) atoms. The Bertz CT molecular complexity index is 453. The van der Waals surface area contributed by atoms with Crippen LogP contribution in [-0.4, -0.2) is 27.6 Å². The number of unbranched alkanes of at least 4 members (excludes halogenated alkanes) is 1. The lowest BCUT2D eigenvalue weighted by atomic mass is 10.2. The van der Waals surface area contributed by atoms with Gasteiger partial charge in [-0.15, -0.1) is 0 Å². The number of carbonyl (C=O) groups excluding carboxylic acids is 2. The van der Waals surface area contributed by atoms with E-state index in [0.717, 1.165) is 0 Å². The van der Waals surface area contributed by atoms with Crippen LogP contribution >= 0.6 is 0 Å². The highest BCUT2D eigenvalue weighted by molar-refractivity contribution is 5.88. The number of rotatable bonds is 7. The number of primary amides is 1. The molecule has 0 saturated carbocycles. The van der Waals surface area contributed by atoms with E-state index in [4.69, 9.17) is 10.8 Å². The van der Waals surface area contributed by atoms with Crippen molar-refractivity contribution in [1.29, 1.82) is 0 Å². The van der Waals surface area contributed by atoms with Crippen molar-refractivity contribution < 1.29 is 19.5 Å². The number of carboxylic acids is 1. The van der Waals surface area contributed by atoms with Gasteiger partial charge >= 0.3 is 5.97 Å². The zero-order valence-corrected chi connectivity index (χ0v) is 9.76. The van der Waals surface area contributed by atoms with E-state index < -0.39 is 5.97 Å². The Morgan fingerprint density at radius 2 is 1.94 bits per heavy atom. The summed E-state index contributed by atoms with van der Waals surface area (Å²) in [4.78, 5) is 32.5. The number of nitrogens with zero attached hydrogens (tertiary/aromatic N) is 1. The minimum Gasteiger partial charge on any atom is -0.478 e. The third kappa shape index (κ3) is 4.69. The molecule has 2 amide bonds. The average Bonchev–Trinajstić information content (AvgIpc) is 2.72. The molecule has 0 aromatic carbocycles. The van der Waals surface area contributed by atoms with E-state index in [1.165, 1.54) is 23.1 Å². The maximum atomic E-state index is 11.4. The zero-order valence-electron chi connectivity index (χ0n) is 9.76. The van der Waals surface area contributed by atoms with Crippen LogP contribution in [0.1, 0.15) is 36.0 Å². The predicted molar refractivity (Wildman–Crippen MR) is 63.4 cm³/mol. The topological polar surface area (TPSA) is 114 Å². The summed E-state index contributed by atoms with van der Waals surface area (Å²) in [6.45, 7) is 0. The summed E-state index contributed by atoms with van der Waals surface area (Å²) in [5, 5.41) is 8.69. The molecule has 0 unspecified atom stereocenters. The Morgan fingerprint density at radius 1 is 1.28 bits per heavy atom. The number of nitrogens with one attached hydrogen (secondary N) is 1. The maximum absolute atomic E-state index is 11.4. The molecule has 0 bridgehead atoms. The molecule has 0 spiro atoms. The molecule has 1 aromatic rings. The van der Waals surface area contributed by atoms with Gasteiger partial charge in [0.15, 0.2) is 0 Å². The van der Waals surface area contributed by atoms with E-state index in [9.17, 15) is 14.4 Å². The van der Waals surface area contributed by atoms with E-state index in [1.54, 1.807) is 0 Å². The van der Waals surface area contributed by atoms with Crippen LogP contribution in [0.5, 0.6) is 0 Å². The summed E-state index contributed by atoms with van der Waals surface area (Å²) in [6, 6.07) is 1.38. The molecule has 1 aromatic heterocycles. The van der Waals surface area contributed by atoms with Crippen LogP contribution < -0.4 is 11.2 Å². The first kappa shape index (κ1) is 13.8. The van der Waals surface area contributed by atoms with E-state index in [1.807, 2.05) is 0 Å². The molecule has 0 saturated heterocycles. The van der Waals surface area contributed by atoms with Crippen LogP contribution in [0.15, 0.2) is 18.5 Å². The van der Waals surface area contributed by atoms with Crippen LogP contribution in [-0.2, 0) is 9.59 Å². The van der Waals surface area contributed by atoms with Crippen LogP contribution in [0, 0.1) is 0 Å². The maximum Gasteiger partial charge on any atom is 0.337 e. The summed E-state index contributed by atoms with van der Waals surface area (Å²) in [6.07, 6.45) is 4.40. The fraction of sp³-hybridized carbons (Fsp3) is 0.364. The average molecular weight is 253 g/mol. The van der Waals surface area contributed by atoms with Gasteiger partial charge in [0.1, 0.15) is 0 Å². The third-order valence-corrected chi connectivity index (χ3v) is 2.27. The van der Waals surface area contributed by atoms with Gasteiger partial charge in [0, 0.05) is 25.2 Å². The molecule has 0 atom stereocenters. The second kappa shape index (κ2) is 6.43. The monoisotopic (exact) mass is 253 g/mol. The first-order valence-electron chi connectivity index (χ1n) is 5.48. The predicted octanol–water partition coefficient (Wildman–Crippen LogP) is 0.302. The molecule has 0 aliphatic heterocycles. The molecule has 0 aliphatic rings. The van der Waals surface area contributed by atoms with E-state index in [2.05, 4.69) is 5.43 Å². The molecule has 1 heterocycles. The number of nitrogens with two attached hydrogens (primary N) is 1. The fourth-order valence-electron chi connectivity index (χ4n) is 1.38. The Morgan fingerprint density at radius 3 is 2.50 bits per heavy atom. The van der Waals surface area contributed by atoms with Crippen molar-refractivity contribution in [2.45, 2.75) is 25.7 Å². The molecule has 98 valence electrons. The van der Waals surface area contributed by atoms with Gasteiger partial charge in [-0.3, -0.25) is 19.7 Å². The number of hydrogen-bond acceptors (Lipinski definition) is 3. The summed E-state index contributed by atoms with van der Waals surface area (Å²) in [5.41, 5.74) is 7.57. The molecule has 7 heteroatoms. The van der Waals surface area contributed by atoms with Gasteiger partial charge in [-0.2, -0.15) is 0 Å². The van der Waals surface area contributed by atoms with Crippen LogP contribution in [0.2, 0.25) is 0 Å². The quantitative estimate of drug-likeness (QED) is 0.606. The van der Waals surface area contributed by atoms with Crippen molar-refractivity contribution in [3.8, 4) is 0 Å².